The average molecular weight is 571 g/mol. The van der Waals surface area contributed by atoms with Crippen molar-refractivity contribution >= 4 is 50.7 Å². The van der Waals surface area contributed by atoms with Crippen molar-refractivity contribution in [2.45, 2.75) is 59.5 Å². The van der Waals surface area contributed by atoms with E-state index in [0.717, 1.165) is 21.7 Å². The zero-order valence-electron chi connectivity index (χ0n) is 22.1. The van der Waals surface area contributed by atoms with Gasteiger partial charge in [0.05, 0.1) is 17.0 Å². The quantitative estimate of drug-likeness (QED) is 0.348. The van der Waals surface area contributed by atoms with Gasteiger partial charge in [-0.2, -0.15) is 0 Å². The molecule has 0 heterocycles. The predicted octanol–water partition coefficient (Wildman–Crippen LogP) is 5.43. The molecule has 10 heteroatoms. The van der Waals surface area contributed by atoms with E-state index in [1.165, 1.54) is 12.1 Å². The van der Waals surface area contributed by atoms with Crippen LogP contribution in [-0.4, -0.2) is 50.5 Å². The SMILES string of the molecule is CCC(C(=O)NCC(C)C)N(Cc1ccc(C)cc1)C(=O)CCCN(c1cc(Cl)ccc1Cl)S(C)(=O)=O. The van der Waals surface area contributed by atoms with E-state index < -0.39 is 16.1 Å². The maximum absolute atomic E-state index is 13.5. The van der Waals surface area contributed by atoms with Crippen molar-refractivity contribution in [1.29, 1.82) is 0 Å². The molecule has 2 amide bonds. The van der Waals surface area contributed by atoms with Gasteiger partial charge in [0, 0.05) is 31.1 Å². The van der Waals surface area contributed by atoms with E-state index in [-0.39, 0.29) is 54.4 Å². The van der Waals surface area contributed by atoms with E-state index in [2.05, 4.69) is 5.32 Å². The monoisotopic (exact) mass is 569 g/mol. The van der Waals surface area contributed by atoms with Crippen molar-refractivity contribution in [3.8, 4) is 0 Å². The van der Waals surface area contributed by atoms with E-state index >= 15 is 0 Å². The van der Waals surface area contributed by atoms with Crippen LogP contribution in [0.15, 0.2) is 42.5 Å². The molecule has 0 aliphatic heterocycles. The van der Waals surface area contributed by atoms with Gasteiger partial charge in [0.1, 0.15) is 6.04 Å². The minimum absolute atomic E-state index is 0.0410. The lowest BCUT2D eigenvalue weighted by Gasteiger charge is -2.31. The van der Waals surface area contributed by atoms with Crippen molar-refractivity contribution in [1.82, 2.24) is 10.2 Å². The van der Waals surface area contributed by atoms with E-state index in [0.29, 0.717) is 18.0 Å². The van der Waals surface area contributed by atoms with E-state index in [1.54, 1.807) is 11.0 Å². The average Bonchev–Trinajstić information content (AvgIpc) is 2.82. The van der Waals surface area contributed by atoms with Crippen LogP contribution < -0.4 is 9.62 Å². The number of nitrogens with zero attached hydrogens (tertiary/aromatic N) is 2. The first-order valence-electron chi connectivity index (χ1n) is 12.4. The van der Waals surface area contributed by atoms with Crippen LogP contribution in [0.5, 0.6) is 0 Å². The van der Waals surface area contributed by atoms with Crippen molar-refractivity contribution in [3.63, 3.8) is 0 Å². The number of aryl methyl sites for hydroxylation is 1. The fourth-order valence-electron chi connectivity index (χ4n) is 3.89. The zero-order chi connectivity index (χ0) is 27.8. The van der Waals surface area contributed by atoms with Crippen LogP contribution in [-0.2, 0) is 26.2 Å². The Balaban J connectivity index is 2.23. The standard InChI is InChI=1S/C27H37Cl2N3O4S/c1-6-24(27(34)30-17-19(2)3)31(18-21-11-9-20(4)10-12-21)26(33)8-7-15-32(37(5,35)36)25-16-22(28)13-14-23(25)29/h9-14,16,19,24H,6-8,15,17-18H2,1-5H3,(H,30,34). The number of sulfonamides is 1. The first kappa shape index (κ1) is 30.9. The van der Waals surface area contributed by atoms with Crippen LogP contribution in [0.1, 0.15) is 51.2 Å². The molecule has 0 saturated carbocycles. The van der Waals surface area contributed by atoms with E-state index in [4.69, 9.17) is 23.2 Å². The molecule has 7 nitrogen and oxygen atoms in total. The van der Waals surface area contributed by atoms with Crippen LogP contribution >= 0.6 is 23.2 Å². The number of halogens is 2. The summed E-state index contributed by atoms with van der Waals surface area (Å²) in [5.41, 5.74) is 2.28. The first-order valence-corrected chi connectivity index (χ1v) is 15.0. The molecule has 1 atom stereocenters. The van der Waals surface area contributed by atoms with Gasteiger partial charge < -0.3 is 10.2 Å². The van der Waals surface area contributed by atoms with Gasteiger partial charge in [-0.15, -0.1) is 0 Å². The third kappa shape index (κ3) is 9.51. The van der Waals surface area contributed by atoms with E-state index in [1.807, 2.05) is 52.0 Å². The van der Waals surface area contributed by atoms with Crippen LogP contribution in [0.3, 0.4) is 0 Å². The molecule has 0 aliphatic rings. The summed E-state index contributed by atoms with van der Waals surface area (Å²) < 4.78 is 26.2. The molecule has 2 aromatic rings. The molecular weight excluding hydrogens is 533 g/mol. The smallest absolute Gasteiger partial charge is 0.242 e. The highest BCUT2D eigenvalue weighted by Crippen LogP contribution is 2.31. The minimum Gasteiger partial charge on any atom is -0.354 e. The van der Waals surface area contributed by atoms with Crippen molar-refractivity contribution in [3.05, 3.63) is 63.6 Å². The Morgan fingerprint density at radius 3 is 2.27 bits per heavy atom. The number of benzene rings is 2. The Bertz CT molecular complexity index is 1170. The van der Waals surface area contributed by atoms with Crippen molar-refractivity contribution in [2.75, 3.05) is 23.7 Å². The lowest BCUT2D eigenvalue weighted by molar-refractivity contribution is -0.141. The highest BCUT2D eigenvalue weighted by molar-refractivity contribution is 7.92. The lowest BCUT2D eigenvalue weighted by Crippen LogP contribution is -2.49. The zero-order valence-corrected chi connectivity index (χ0v) is 24.5. The number of hydrogen-bond donors (Lipinski definition) is 1. The Hall–Kier alpha value is -2.29. The molecule has 0 aliphatic carbocycles. The predicted molar refractivity (Wildman–Crippen MR) is 152 cm³/mol. The Morgan fingerprint density at radius 1 is 1.05 bits per heavy atom. The molecule has 2 aromatic carbocycles. The largest absolute Gasteiger partial charge is 0.354 e. The van der Waals surface area contributed by atoms with Gasteiger partial charge in [-0.25, -0.2) is 8.42 Å². The highest BCUT2D eigenvalue weighted by atomic mass is 35.5. The number of anilines is 1. The third-order valence-electron chi connectivity index (χ3n) is 5.87. The number of carbonyl (C=O) groups is 2. The first-order chi connectivity index (χ1) is 17.3. The fourth-order valence-corrected chi connectivity index (χ4v) is 5.30. The summed E-state index contributed by atoms with van der Waals surface area (Å²) in [5, 5.41) is 3.54. The molecule has 0 bridgehead atoms. The maximum atomic E-state index is 13.5. The second kappa shape index (κ2) is 14.0. The molecule has 2 rings (SSSR count). The number of rotatable bonds is 13. The molecule has 1 unspecified atom stereocenters. The molecule has 0 aromatic heterocycles. The van der Waals surface area contributed by atoms with Crippen LogP contribution in [0.4, 0.5) is 5.69 Å². The number of hydrogen-bond acceptors (Lipinski definition) is 4. The molecule has 0 fully saturated rings. The molecular formula is C27H37Cl2N3O4S. The number of carbonyl (C=O) groups excluding carboxylic acids is 2. The number of amides is 2. The molecule has 0 radical (unpaired) electrons. The summed E-state index contributed by atoms with van der Waals surface area (Å²) in [6, 6.07) is 11.8. The summed E-state index contributed by atoms with van der Waals surface area (Å²) >= 11 is 12.3. The summed E-state index contributed by atoms with van der Waals surface area (Å²) in [6.45, 7) is 8.72. The van der Waals surface area contributed by atoms with Crippen LogP contribution in [0.2, 0.25) is 10.0 Å². The van der Waals surface area contributed by atoms with E-state index in [9.17, 15) is 18.0 Å². The fraction of sp³-hybridized carbons (Fsp3) is 0.481. The van der Waals surface area contributed by atoms with Gasteiger partial charge in [0.2, 0.25) is 21.8 Å². The molecule has 37 heavy (non-hydrogen) atoms. The van der Waals surface area contributed by atoms with Crippen LogP contribution in [0, 0.1) is 12.8 Å². The van der Waals surface area contributed by atoms with Gasteiger partial charge in [-0.05, 0) is 49.4 Å². The molecule has 1 N–H and O–H groups in total. The van der Waals surface area contributed by atoms with Crippen molar-refractivity contribution in [2.24, 2.45) is 5.92 Å². The Labute approximate surface area is 231 Å². The summed E-state index contributed by atoms with van der Waals surface area (Å²) in [7, 11) is -3.68. The second-order valence-corrected chi connectivity index (χ2v) is 12.4. The highest BCUT2D eigenvalue weighted by Gasteiger charge is 2.29. The molecule has 0 spiro atoms. The Kier molecular flexibility index (Phi) is 11.7. The van der Waals surface area contributed by atoms with Gasteiger partial charge in [0.15, 0.2) is 0 Å². The number of nitrogens with one attached hydrogen (secondary N) is 1. The molecule has 204 valence electrons. The third-order valence-corrected chi connectivity index (χ3v) is 7.61. The van der Waals surface area contributed by atoms with Crippen molar-refractivity contribution < 1.29 is 18.0 Å². The van der Waals surface area contributed by atoms with Gasteiger partial charge >= 0.3 is 0 Å². The summed E-state index contributed by atoms with van der Waals surface area (Å²) in [4.78, 5) is 28.1. The van der Waals surface area contributed by atoms with Gasteiger partial charge in [-0.1, -0.05) is 73.8 Å². The normalized spacial score (nSPS) is 12.3. The lowest BCUT2D eigenvalue weighted by atomic mass is 10.1. The van der Waals surface area contributed by atoms with Gasteiger partial charge in [0.25, 0.3) is 0 Å². The topological polar surface area (TPSA) is 86.8 Å². The Morgan fingerprint density at radius 2 is 1.70 bits per heavy atom. The maximum Gasteiger partial charge on any atom is 0.242 e. The molecule has 0 saturated heterocycles. The van der Waals surface area contributed by atoms with Gasteiger partial charge in [-0.3, -0.25) is 13.9 Å². The minimum atomic E-state index is -3.68. The van der Waals surface area contributed by atoms with Crippen LogP contribution in [0.25, 0.3) is 0 Å². The summed E-state index contributed by atoms with van der Waals surface area (Å²) in [6.07, 6.45) is 1.84. The second-order valence-electron chi connectivity index (χ2n) is 9.60. The summed E-state index contributed by atoms with van der Waals surface area (Å²) in [5.74, 6) is -0.138.